The van der Waals surface area contributed by atoms with Crippen LogP contribution in [0, 0.1) is 13.8 Å². The Kier molecular flexibility index (Phi) is 5.80. The highest BCUT2D eigenvalue weighted by Gasteiger charge is 2.06. The van der Waals surface area contributed by atoms with Crippen LogP contribution in [0.15, 0.2) is 66.0 Å². The van der Waals surface area contributed by atoms with Crippen molar-refractivity contribution in [1.82, 2.24) is 9.55 Å². The molecule has 1 aromatic heterocycles. The molecular weight excluding hydrogens is 344 g/mol. The maximum Gasteiger partial charge on any atom is 0.175 e. The molecule has 0 aliphatic carbocycles. The first-order valence-corrected chi connectivity index (χ1v) is 9.56. The number of nitrogens with zero attached hydrogens (tertiary/aromatic N) is 2. The van der Waals surface area contributed by atoms with Crippen molar-refractivity contribution in [3.8, 4) is 5.69 Å². The Morgan fingerprint density at radius 1 is 0.958 bits per heavy atom. The van der Waals surface area contributed by atoms with Crippen molar-refractivity contribution in [2.75, 3.05) is 6.26 Å². The third-order valence-electron chi connectivity index (χ3n) is 3.29. The first kappa shape index (κ1) is 18.2. The lowest BCUT2D eigenvalue weighted by Gasteiger charge is -2.03. The van der Waals surface area contributed by atoms with E-state index in [0.29, 0.717) is 4.90 Å². The first-order valence-electron chi connectivity index (χ1n) is 7.29. The van der Waals surface area contributed by atoms with Crippen LogP contribution in [0.4, 0.5) is 0 Å². The summed E-state index contributed by atoms with van der Waals surface area (Å²) in [6, 6.07) is 14.5. The second-order valence-corrected chi connectivity index (χ2v) is 7.94. The van der Waals surface area contributed by atoms with Gasteiger partial charge in [0.05, 0.1) is 16.9 Å². The highest BCUT2D eigenvalue weighted by Crippen LogP contribution is 2.13. The lowest BCUT2D eigenvalue weighted by Crippen LogP contribution is -1.97. The van der Waals surface area contributed by atoms with Crippen molar-refractivity contribution >= 4 is 21.4 Å². The average molecular weight is 363 g/mol. The van der Waals surface area contributed by atoms with Gasteiger partial charge in [0.15, 0.2) is 9.84 Å². The van der Waals surface area contributed by atoms with E-state index in [1.807, 2.05) is 48.9 Å². The summed E-state index contributed by atoms with van der Waals surface area (Å²) in [7, 11) is -3.12. The van der Waals surface area contributed by atoms with Crippen molar-refractivity contribution < 1.29 is 8.42 Å². The standard InChI is InChI=1S/C11H12N2O2S.C7H7Cl/c1-9-7-13(8-12-9)10-3-5-11(6-4-10)16(2,14)15;1-6-2-4-7(8)5-3-6/h3-8H,1-2H3;2-5H,1H3. The van der Waals surface area contributed by atoms with Gasteiger partial charge in [0.25, 0.3) is 0 Å². The highest BCUT2D eigenvalue weighted by molar-refractivity contribution is 7.90. The average Bonchev–Trinajstić information content (AvgIpc) is 2.97. The monoisotopic (exact) mass is 362 g/mol. The molecular formula is C18H19ClN2O2S. The van der Waals surface area contributed by atoms with Gasteiger partial charge in [-0.1, -0.05) is 29.3 Å². The van der Waals surface area contributed by atoms with E-state index < -0.39 is 9.84 Å². The third kappa shape index (κ3) is 5.22. The van der Waals surface area contributed by atoms with Gasteiger partial charge in [0.2, 0.25) is 0 Å². The molecule has 0 bridgehead atoms. The van der Waals surface area contributed by atoms with Gasteiger partial charge in [0.1, 0.15) is 0 Å². The quantitative estimate of drug-likeness (QED) is 0.685. The molecule has 0 amide bonds. The minimum atomic E-state index is -3.12. The molecule has 3 rings (SSSR count). The molecule has 0 aliphatic heterocycles. The van der Waals surface area contributed by atoms with Crippen molar-refractivity contribution in [3.63, 3.8) is 0 Å². The summed E-state index contributed by atoms with van der Waals surface area (Å²) in [6.45, 7) is 3.94. The topological polar surface area (TPSA) is 52.0 Å². The van der Waals surface area contributed by atoms with Crippen LogP contribution in [-0.2, 0) is 9.84 Å². The van der Waals surface area contributed by atoms with E-state index in [1.165, 1.54) is 11.8 Å². The molecule has 4 nitrogen and oxygen atoms in total. The molecule has 0 saturated carbocycles. The summed E-state index contributed by atoms with van der Waals surface area (Å²) in [4.78, 5) is 4.44. The van der Waals surface area contributed by atoms with Crippen molar-refractivity contribution in [2.24, 2.45) is 0 Å². The lowest BCUT2D eigenvalue weighted by atomic mass is 10.2. The van der Waals surface area contributed by atoms with Gasteiger partial charge in [-0.2, -0.15) is 0 Å². The Labute approximate surface area is 147 Å². The summed E-state index contributed by atoms with van der Waals surface area (Å²) in [5.74, 6) is 0. The summed E-state index contributed by atoms with van der Waals surface area (Å²) >= 11 is 5.61. The number of hydrogen-bond acceptors (Lipinski definition) is 3. The molecule has 0 spiro atoms. The summed E-state index contributed by atoms with van der Waals surface area (Å²) in [6.07, 6.45) is 4.78. The lowest BCUT2D eigenvalue weighted by molar-refractivity contribution is 0.602. The molecule has 24 heavy (non-hydrogen) atoms. The van der Waals surface area contributed by atoms with Gasteiger partial charge in [-0.05, 0) is 50.2 Å². The van der Waals surface area contributed by atoms with Crippen molar-refractivity contribution in [2.45, 2.75) is 18.7 Å². The fraction of sp³-hybridized carbons (Fsp3) is 0.167. The van der Waals surface area contributed by atoms with Gasteiger partial charge >= 0.3 is 0 Å². The summed E-state index contributed by atoms with van der Waals surface area (Å²) in [5, 5.41) is 0.801. The molecule has 2 aromatic carbocycles. The second-order valence-electron chi connectivity index (χ2n) is 5.48. The van der Waals surface area contributed by atoms with Crippen LogP contribution in [0.25, 0.3) is 5.69 Å². The van der Waals surface area contributed by atoms with Crippen LogP contribution in [0.3, 0.4) is 0 Å². The van der Waals surface area contributed by atoms with E-state index in [0.717, 1.165) is 16.4 Å². The van der Waals surface area contributed by atoms with E-state index in [9.17, 15) is 8.42 Å². The zero-order valence-electron chi connectivity index (χ0n) is 13.8. The number of benzene rings is 2. The molecule has 0 N–H and O–H groups in total. The van der Waals surface area contributed by atoms with Gasteiger partial charge < -0.3 is 4.57 Å². The maximum atomic E-state index is 11.3. The molecule has 0 unspecified atom stereocenters. The third-order valence-corrected chi connectivity index (χ3v) is 4.67. The molecule has 0 radical (unpaired) electrons. The predicted molar refractivity (Wildman–Crippen MR) is 97.6 cm³/mol. The number of imidazole rings is 1. The minimum Gasteiger partial charge on any atom is -0.306 e. The normalized spacial score (nSPS) is 10.8. The fourth-order valence-electron chi connectivity index (χ4n) is 1.96. The Bertz CT molecular complexity index is 878. The van der Waals surface area contributed by atoms with Crippen molar-refractivity contribution in [3.05, 3.63) is 77.3 Å². The minimum absolute atomic E-state index is 0.327. The number of hydrogen-bond donors (Lipinski definition) is 0. The number of halogens is 1. The fourth-order valence-corrected chi connectivity index (χ4v) is 2.72. The smallest absolute Gasteiger partial charge is 0.175 e. The maximum absolute atomic E-state index is 11.3. The van der Waals surface area contributed by atoms with Crippen molar-refractivity contribution in [1.29, 1.82) is 0 Å². The molecule has 0 saturated heterocycles. The van der Waals surface area contributed by atoms with Crippen LogP contribution in [0.2, 0.25) is 5.02 Å². The van der Waals surface area contributed by atoms with E-state index >= 15 is 0 Å². The highest BCUT2D eigenvalue weighted by atomic mass is 35.5. The zero-order chi connectivity index (χ0) is 17.7. The van der Waals surface area contributed by atoms with Gasteiger partial charge in [-0.3, -0.25) is 0 Å². The largest absolute Gasteiger partial charge is 0.306 e. The van der Waals surface area contributed by atoms with Crippen LogP contribution in [0.5, 0.6) is 0 Å². The number of rotatable bonds is 2. The molecule has 0 aliphatic rings. The SMILES string of the molecule is Cc1ccc(Cl)cc1.Cc1cn(-c2ccc(S(C)(=O)=O)cc2)cn1. The number of aryl methyl sites for hydroxylation is 2. The number of sulfone groups is 1. The van der Waals surface area contributed by atoms with E-state index in [1.54, 1.807) is 30.6 Å². The van der Waals surface area contributed by atoms with Gasteiger partial charge in [-0.25, -0.2) is 13.4 Å². The van der Waals surface area contributed by atoms with Crippen LogP contribution < -0.4 is 0 Å². The second kappa shape index (κ2) is 7.64. The van der Waals surface area contributed by atoms with Crippen LogP contribution >= 0.6 is 11.6 Å². The van der Waals surface area contributed by atoms with E-state index in [4.69, 9.17) is 11.6 Å². The zero-order valence-corrected chi connectivity index (χ0v) is 15.3. The molecule has 1 heterocycles. The van der Waals surface area contributed by atoms with Gasteiger partial charge in [0, 0.05) is 23.2 Å². The van der Waals surface area contributed by atoms with E-state index in [2.05, 4.69) is 4.98 Å². The molecule has 126 valence electrons. The van der Waals surface area contributed by atoms with E-state index in [-0.39, 0.29) is 0 Å². The summed E-state index contributed by atoms with van der Waals surface area (Å²) in [5.41, 5.74) is 3.06. The Balaban J connectivity index is 0.000000219. The predicted octanol–water partition coefficient (Wildman–Crippen LogP) is 4.23. The Hall–Kier alpha value is -2.11. The molecule has 0 fully saturated rings. The Morgan fingerprint density at radius 3 is 1.96 bits per heavy atom. The molecule has 3 aromatic rings. The number of aromatic nitrogens is 2. The summed E-state index contributed by atoms with van der Waals surface area (Å²) < 4.78 is 24.4. The molecule has 6 heteroatoms. The van der Waals surface area contributed by atoms with Gasteiger partial charge in [-0.15, -0.1) is 0 Å². The Morgan fingerprint density at radius 2 is 1.54 bits per heavy atom. The van der Waals surface area contributed by atoms with Crippen LogP contribution in [-0.4, -0.2) is 24.2 Å². The molecule has 0 atom stereocenters. The first-order chi connectivity index (χ1) is 11.3. The van der Waals surface area contributed by atoms with Crippen LogP contribution in [0.1, 0.15) is 11.3 Å².